The Labute approximate surface area is 108 Å². The standard InChI is InChI=1S/C11H13F2N3O2S/c1-19(17,18)3-2-8(14)11-15-9-5-6(12)4-7(13)10(9)16-11/h4-5,8H,2-3,14H2,1H3,(H,15,16). The zero-order valence-electron chi connectivity index (χ0n) is 10.2. The smallest absolute Gasteiger partial charge is 0.153 e. The van der Waals surface area contributed by atoms with Gasteiger partial charge in [0.15, 0.2) is 5.82 Å². The number of aromatic amines is 1. The monoisotopic (exact) mass is 289 g/mol. The van der Waals surface area contributed by atoms with Gasteiger partial charge in [0.1, 0.15) is 27.0 Å². The number of rotatable bonds is 4. The molecule has 0 spiro atoms. The quantitative estimate of drug-likeness (QED) is 0.887. The first-order chi connectivity index (χ1) is 8.76. The summed E-state index contributed by atoms with van der Waals surface area (Å²) in [5, 5.41) is 0. The van der Waals surface area contributed by atoms with Crippen molar-refractivity contribution >= 4 is 20.9 Å². The van der Waals surface area contributed by atoms with Gasteiger partial charge in [-0.15, -0.1) is 0 Å². The molecule has 8 heteroatoms. The molecular weight excluding hydrogens is 276 g/mol. The zero-order chi connectivity index (χ0) is 14.2. The number of H-pyrrole nitrogens is 1. The highest BCUT2D eigenvalue weighted by atomic mass is 32.2. The third kappa shape index (κ3) is 3.27. The van der Waals surface area contributed by atoms with Crippen molar-refractivity contribution in [1.82, 2.24) is 9.97 Å². The second kappa shape index (κ2) is 4.86. The SMILES string of the molecule is CS(=O)(=O)CCC(N)c1nc2c(F)cc(F)cc2[nH]1. The van der Waals surface area contributed by atoms with Gasteiger partial charge in [0.05, 0.1) is 17.3 Å². The molecule has 0 bridgehead atoms. The maximum Gasteiger partial charge on any atom is 0.153 e. The van der Waals surface area contributed by atoms with Crippen LogP contribution in [-0.4, -0.2) is 30.4 Å². The van der Waals surface area contributed by atoms with E-state index in [0.717, 1.165) is 18.4 Å². The lowest BCUT2D eigenvalue weighted by atomic mass is 10.2. The van der Waals surface area contributed by atoms with Crippen LogP contribution < -0.4 is 5.73 Å². The van der Waals surface area contributed by atoms with Crippen molar-refractivity contribution in [2.75, 3.05) is 12.0 Å². The van der Waals surface area contributed by atoms with Gasteiger partial charge in [0.25, 0.3) is 0 Å². The largest absolute Gasteiger partial charge is 0.340 e. The molecule has 0 fully saturated rings. The highest BCUT2D eigenvalue weighted by Crippen LogP contribution is 2.20. The van der Waals surface area contributed by atoms with Crippen molar-refractivity contribution in [2.45, 2.75) is 12.5 Å². The van der Waals surface area contributed by atoms with Gasteiger partial charge in [-0.3, -0.25) is 0 Å². The van der Waals surface area contributed by atoms with Crippen molar-refractivity contribution in [3.8, 4) is 0 Å². The minimum absolute atomic E-state index is 0.00814. The Bertz CT molecular complexity index is 712. The van der Waals surface area contributed by atoms with E-state index in [1.165, 1.54) is 0 Å². The van der Waals surface area contributed by atoms with Gasteiger partial charge in [-0.2, -0.15) is 0 Å². The summed E-state index contributed by atoms with van der Waals surface area (Å²) < 4.78 is 48.5. The average molecular weight is 289 g/mol. The molecule has 3 N–H and O–H groups in total. The minimum Gasteiger partial charge on any atom is -0.340 e. The summed E-state index contributed by atoms with van der Waals surface area (Å²) in [4.78, 5) is 6.64. The van der Waals surface area contributed by atoms with Gasteiger partial charge in [0, 0.05) is 12.3 Å². The van der Waals surface area contributed by atoms with Crippen molar-refractivity contribution in [3.05, 3.63) is 29.6 Å². The summed E-state index contributed by atoms with van der Waals surface area (Å²) in [6.07, 6.45) is 1.26. The number of nitrogens with zero attached hydrogens (tertiary/aromatic N) is 1. The molecule has 0 amide bonds. The third-order valence-corrected chi connectivity index (χ3v) is 3.65. The van der Waals surface area contributed by atoms with Gasteiger partial charge >= 0.3 is 0 Å². The first kappa shape index (κ1) is 13.9. The van der Waals surface area contributed by atoms with E-state index in [0.29, 0.717) is 0 Å². The molecule has 2 rings (SSSR count). The average Bonchev–Trinajstić information content (AvgIpc) is 2.68. The first-order valence-corrected chi connectivity index (χ1v) is 7.60. The predicted molar refractivity (Wildman–Crippen MR) is 67.3 cm³/mol. The summed E-state index contributed by atoms with van der Waals surface area (Å²) >= 11 is 0. The fraction of sp³-hybridized carbons (Fsp3) is 0.364. The van der Waals surface area contributed by atoms with Crippen LogP contribution in [0.3, 0.4) is 0 Å². The molecule has 1 heterocycles. The van der Waals surface area contributed by atoms with E-state index in [1.54, 1.807) is 0 Å². The molecule has 0 saturated heterocycles. The zero-order valence-corrected chi connectivity index (χ0v) is 11.0. The van der Waals surface area contributed by atoms with E-state index < -0.39 is 27.5 Å². The van der Waals surface area contributed by atoms with Gasteiger partial charge < -0.3 is 10.7 Å². The molecular formula is C11H13F2N3O2S. The van der Waals surface area contributed by atoms with Crippen LogP contribution in [0.1, 0.15) is 18.3 Å². The lowest BCUT2D eigenvalue weighted by Gasteiger charge is -2.06. The van der Waals surface area contributed by atoms with E-state index in [2.05, 4.69) is 9.97 Å². The topological polar surface area (TPSA) is 88.8 Å². The summed E-state index contributed by atoms with van der Waals surface area (Å²) in [6, 6.07) is 1.16. The number of nitrogens with one attached hydrogen (secondary N) is 1. The van der Waals surface area contributed by atoms with Crippen LogP contribution in [0.25, 0.3) is 11.0 Å². The van der Waals surface area contributed by atoms with Crippen molar-refractivity contribution in [3.63, 3.8) is 0 Å². The van der Waals surface area contributed by atoms with Gasteiger partial charge in [-0.05, 0) is 12.5 Å². The molecule has 0 saturated carbocycles. The van der Waals surface area contributed by atoms with Crippen LogP contribution in [0.15, 0.2) is 12.1 Å². The minimum atomic E-state index is -3.13. The fourth-order valence-corrected chi connectivity index (χ4v) is 2.40. The van der Waals surface area contributed by atoms with Crippen LogP contribution >= 0.6 is 0 Å². The molecule has 1 aromatic carbocycles. The molecule has 0 aliphatic rings. The Morgan fingerprint density at radius 3 is 2.74 bits per heavy atom. The fourth-order valence-electron chi connectivity index (χ4n) is 1.71. The van der Waals surface area contributed by atoms with E-state index in [1.807, 2.05) is 0 Å². The molecule has 0 aliphatic heterocycles. The number of fused-ring (bicyclic) bond motifs is 1. The number of sulfone groups is 1. The summed E-state index contributed by atoms with van der Waals surface area (Å²) in [5.41, 5.74) is 5.97. The maximum absolute atomic E-state index is 13.4. The number of hydrogen-bond donors (Lipinski definition) is 2. The maximum atomic E-state index is 13.4. The van der Waals surface area contributed by atoms with Crippen molar-refractivity contribution in [2.24, 2.45) is 5.73 Å². The number of imidazole rings is 1. The Morgan fingerprint density at radius 2 is 2.11 bits per heavy atom. The van der Waals surface area contributed by atoms with E-state index in [-0.39, 0.29) is 29.0 Å². The molecule has 2 aromatic rings. The van der Waals surface area contributed by atoms with Crippen LogP contribution in [-0.2, 0) is 9.84 Å². The number of benzene rings is 1. The Morgan fingerprint density at radius 1 is 1.42 bits per heavy atom. The second-order valence-electron chi connectivity index (χ2n) is 4.43. The lowest BCUT2D eigenvalue weighted by Crippen LogP contribution is -2.16. The van der Waals surface area contributed by atoms with Gasteiger partial charge in [0.2, 0.25) is 0 Å². The summed E-state index contributed by atoms with van der Waals surface area (Å²) in [6.45, 7) is 0. The molecule has 0 radical (unpaired) electrons. The Kier molecular flexibility index (Phi) is 3.55. The normalized spacial score (nSPS) is 13.9. The van der Waals surface area contributed by atoms with Crippen LogP contribution in [0.4, 0.5) is 8.78 Å². The van der Waals surface area contributed by atoms with E-state index >= 15 is 0 Å². The van der Waals surface area contributed by atoms with Crippen LogP contribution in [0, 0.1) is 11.6 Å². The Hall–Kier alpha value is -1.54. The van der Waals surface area contributed by atoms with Gasteiger partial charge in [-0.1, -0.05) is 0 Å². The molecule has 5 nitrogen and oxygen atoms in total. The molecule has 1 atom stereocenters. The number of hydrogen-bond acceptors (Lipinski definition) is 4. The van der Waals surface area contributed by atoms with Crippen molar-refractivity contribution in [1.29, 1.82) is 0 Å². The summed E-state index contributed by atoms with van der Waals surface area (Å²) in [5.74, 6) is -1.36. The number of nitrogens with two attached hydrogens (primary N) is 1. The highest BCUT2D eigenvalue weighted by molar-refractivity contribution is 7.90. The molecule has 1 aromatic heterocycles. The lowest BCUT2D eigenvalue weighted by molar-refractivity contribution is 0.586. The van der Waals surface area contributed by atoms with Crippen LogP contribution in [0.2, 0.25) is 0 Å². The number of aromatic nitrogens is 2. The molecule has 104 valence electrons. The van der Waals surface area contributed by atoms with E-state index in [4.69, 9.17) is 5.73 Å². The van der Waals surface area contributed by atoms with E-state index in [9.17, 15) is 17.2 Å². The molecule has 1 unspecified atom stereocenters. The van der Waals surface area contributed by atoms with Gasteiger partial charge in [-0.25, -0.2) is 22.2 Å². The third-order valence-electron chi connectivity index (χ3n) is 2.67. The van der Waals surface area contributed by atoms with Crippen LogP contribution in [0.5, 0.6) is 0 Å². The highest BCUT2D eigenvalue weighted by Gasteiger charge is 2.16. The molecule has 0 aliphatic carbocycles. The predicted octanol–water partition coefficient (Wildman–Crippen LogP) is 1.28. The Balaban J connectivity index is 2.28. The second-order valence-corrected chi connectivity index (χ2v) is 6.69. The number of halogens is 2. The summed E-state index contributed by atoms with van der Waals surface area (Å²) in [7, 11) is -3.13. The first-order valence-electron chi connectivity index (χ1n) is 5.54. The molecule has 19 heavy (non-hydrogen) atoms. The van der Waals surface area contributed by atoms with Crippen molar-refractivity contribution < 1.29 is 17.2 Å².